The molecule has 0 bridgehead atoms. The second-order valence-corrected chi connectivity index (χ2v) is 5.80. The van der Waals surface area contributed by atoms with Gasteiger partial charge in [-0.2, -0.15) is 0 Å². The monoisotopic (exact) mass is 293 g/mol. The number of nitrogens with zero attached hydrogens (tertiary/aromatic N) is 1. The molecule has 1 aliphatic rings. The number of hydrogen-bond donors (Lipinski definition) is 1. The second kappa shape index (κ2) is 7.66. The van der Waals surface area contributed by atoms with Gasteiger partial charge in [0.15, 0.2) is 5.78 Å². The fourth-order valence-electron chi connectivity index (χ4n) is 3.23. The SMILES string of the molecule is CC(C(=O)c1ccc(F)cc1)N(CCO)C1CCCCC1. The molecule has 0 spiro atoms. The van der Waals surface area contributed by atoms with Crippen molar-refractivity contribution in [1.82, 2.24) is 4.90 Å². The molecule has 0 aliphatic heterocycles. The van der Waals surface area contributed by atoms with Gasteiger partial charge in [-0.1, -0.05) is 19.3 Å². The maximum absolute atomic E-state index is 13.0. The number of aliphatic hydroxyl groups excluding tert-OH is 1. The van der Waals surface area contributed by atoms with E-state index in [2.05, 4.69) is 4.90 Å². The average molecular weight is 293 g/mol. The molecule has 1 aromatic carbocycles. The van der Waals surface area contributed by atoms with E-state index in [9.17, 15) is 14.3 Å². The first-order valence-corrected chi connectivity index (χ1v) is 7.80. The Hall–Kier alpha value is -1.26. The summed E-state index contributed by atoms with van der Waals surface area (Å²) < 4.78 is 13.0. The molecular formula is C17H24FNO2. The van der Waals surface area contributed by atoms with Crippen LogP contribution < -0.4 is 0 Å². The van der Waals surface area contributed by atoms with Gasteiger partial charge in [-0.05, 0) is 44.0 Å². The van der Waals surface area contributed by atoms with Crippen LogP contribution in [-0.2, 0) is 0 Å². The van der Waals surface area contributed by atoms with Crippen LogP contribution in [0.3, 0.4) is 0 Å². The molecule has 21 heavy (non-hydrogen) atoms. The third-order valence-corrected chi connectivity index (χ3v) is 4.41. The lowest BCUT2D eigenvalue weighted by atomic mass is 9.92. The number of benzene rings is 1. The van der Waals surface area contributed by atoms with Gasteiger partial charge < -0.3 is 5.11 Å². The highest BCUT2D eigenvalue weighted by Crippen LogP contribution is 2.25. The van der Waals surface area contributed by atoms with Crippen molar-refractivity contribution in [3.05, 3.63) is 35.6 Å². The van der Waals surface area contributed by atoms with Crippen LogP contribution in [0.5, 0.6) is 0 Å². The van der Waals surface area contributed by atoms with E-state index in [0.717, 1.165) is 12.8 Å². The van der Waals surface area contributed by atoms with Crippen LogP contribution in [0.25, 0.3) is 0 Å². The highest BCUT2D eigenvalue weighted by atomic mass is 19.1. The standard InChI is InChI=1S/C17H24FNO2/c1-13(17(21)14-7-9-15(18)10-8-14)19(11-12-20)16-5-3-2-4-6-16/h7-10,13,16,20H,2-6,11-12H2,1H3. The molecule has 1 unspecified atom stereocenters. The molecule has 0 saturated heterocycles. The number of Topliss-reactive ketones (excluding diaryl/α,β-unsaturated/α-hetero) is 1. The fraction of sp³-hybridized carbons (Fsp3) is 0.588. The van der Waals surface area contributed by atoms with Crippen molar-refractivity contribution in [2.45, 2.75) is 51.1 Å². The van der Waals surface area contributed by atoms with Gasteiger partial charge in [0.05, 0.1) is 12.6 Å². The zero-order chi connectivity index (χ0) is 15.2. The Kier molecular flexibility index (Phi) is 5.88. The Balaban J connectivity index is 2.10. The third-order valence-electron chi connectivity index (χ3n) is 4.41. The molecule has 1 N–H and O–H groups in total. The highest BCUT2D eigenvalue weighted by Gasteiger charge is 2.29. The Morgan fingerprint density at radius 3 is 2.48 bits per heavy atom. The first-order valence-electron chi connectivity index (χ1n) is 7.80. The first kappa shape index (κ1) is 16.1. The number of hydrogen-bond acceptors (Lipinski definition) is 3. The molecule has 1 aromatic rings. The molecule has 3 nitrogen and oxygen atoms in total. The number of halogens is 1. The molecule has 0 heterocycles. The largest absolute Gasteiger partial charge is 0.395 e. The summed E-state index contributed by atoms with van der Waals surface area (Å²) in [5, 5.41) is 9.30. The van der Waals surface area contributed by atoms with Gasteiger partial charge in [-0.25, -0.2) is 4.39 Å². The molecule has 0 amide bonds. The van der Waals surface area contributed by atoms with E-state index in [1.165, 1.54) is 43.5 Å². The molecular weight excluding hydrogens is 269 g/mol. The van der Waals surface area contributed by atoms with Crippen molar-refractivity contribution in [2.24, 2.45) is 0 Å². The van der Waals surface area contributed by atoms with Crippen molar-refractivity contribution < 1.29 is 14.3 Å². The molecule has 4 heteroatoms. The fourth-order valence-corrected chi connectivity index (χ4v) is 3.23. The first-order chi connectivity index (χ1) is 10.1. The molecule has 0 aromatic heterocycles. The molecule has 1 fully saturated rings. The average Bonchev–Trinajstić information content (AvgIpc) is 2.53. The van der Waals surface area contributed by atoms with E-state index in [1.54, 1.807) is 0 Å². The predicted octanol–water partition coefficient (Wildman–Crippen LogP) is 3.02. The number of aliphatic hydroxyl groups is 1. The Labute approximate surface area is 125 Å². The summed E-state index contributed by atoms with van der Waals surface area (Å²) >= 11 is 0. The van der Waals surface area contributed by atoms with Gasteiger partial charge in [-0.3, -0.25) is 9.69 Å². The van der Waals surface area contributed by atoms with Crippen LogP contribution in [-0.4, -0.2) is 41.0 Å². The van der Waals surface area contributed by atoms with Gasteiger partial charge in [0.2, 0.25) is 0 Å². The Morgan fingerprint density at radius 2 is 1.90 bits per heavy atom. The summed E-state index contributed by atoms with van der Waals surface area (Å²) in [5.74, 6) is -0.340. The number of ketones is 1. The summed E-state index contributed by atoms with van der Waals surface area (Å²) in [4.78, 5) is 14.7. The van der Waals surface area contributed by atoms with Gasteiger partial charge >= 0.3 is 0 Å². The summed E-state index contributed by atoms with van der Waals surface area (Å²) in [6.07, 6.45) is 5.79. The van der Waals surface area contributed by atoms with Crippen LogP contribution >= 0.6 is 0 Å². The Morgan fingerprint density at radius 1 is 1.29 bits per heavy atom. The lowest BCUT2D eigenvalue weighted by Gasteiger charge is -2.37. The van der Waals surface area contributed by atoms with Gasteiger partial charge in [0.1, 0.15) is 5.82 Å². The van der Waals surface area contributed by atoms with E-state index in [1.807, 2.05) is 6.92 Å². The van der Waals surface area contributed by atoms with E-state index in [4.69, 9.17) is 0 Å². The molecule has 1 atom stereocenters. The minimum atomic E-state index is -0.335. The zero-order valence-electron chi connectivity index (χ0n) is 12.6. The molecule has 0 radical (unpaired) electrons. The molecule has 116 valence electrons. The van der Waals surface area contributed by atoms with Crippen molar-refractivity contribution >= 4 is 5.78 Å². The topological polar surface area (TPSA) is 40.5 Å². The third kappa shape index (κ3) is 4.11. The van der Waals surface area contributed by atoms with Gasteiger partial charge in [0, 0.05) is 18.2 Å². The van der Waals surface area contributed by atoms with E-state index >= 15 is 0 Å². The Bertz CT molecular complexity index is 454. The lowest BCUT2D eigenvalue weighted by molar-refractivity contribution is 0.0628. The van der Waals surface area contributed by atoms with Crippen LogP contribution in [0.1, 0.15) is 49.4 Å². The summed E-state index contributed by atoms with van der Waals surface area (Å²) in [6.45, 7) is 2.45. The van der Waals surface area contributed by atoms with E-state index < -0.39 is 0 Å². The minimum absolute atomic E-state index is 0.00553. The summed E-state index contributed by atoms with van der Waals surface area (Å²) in [7, 11) is 0. The number of carbonyl (C=O) groups is 1. The van der Waals surface area contributed by atoms with Crippen LogP contribution in [0.2, 0.25) is 0 Å². The maximum atomic E-state index is 13.0. The second-order valence-electron chi connectivity index (χ2n) is 5.80. The van der Waals surface area contributed by atoms with Crippen molar-refractivity contribution in [2.75, 3.05) is 13.2 Å². The normalized spacial score (nSPS) is 17.9. The maximum Gasteiger partial charge on any atom is 0.179 e. The van der Waals surface area contributed by atoms with Crippen LogP contribution in [0.15, 0.2) is 24.3 Å². The zero-order valence-corrected chi connectivity index (χ0v) is 12.6. The summed E-state index contributed by atoms with van der Waals surface area (Å²) in [6, 6.07) is 5.78. The molecule has 1 aliphatic carbocycles. The predicted molar refractivity (Wildman–Crippen MR) is 80.9 cm³/mol. The number of carbonyl (C=O) groups excluding carboxylic acids is 1. The van der Waals surface area contributed by atoms with Crippen molar-refractivity contribution in [3.63, 3.8) is 0 Å². The molecule has 1 saturated carbocycles. The van der Waals surface area contributed by atoms with Crippen molar-refractivity contribution in [3.8, 4) is 0 Å². The van der Waals surface area contributed by atoms with Crippen LogP contribution in [0, 0.1) is 5.82 Å². The number of rotatable bonds is 6. The van der Waals surface area contributed by atoms with Crippen molar-refractivity contribution in [1.29, 1.82) is 0 Å². The smallest absolute Gasteiger partial charge is 0.179 e. The minimum Gasteiger partial charge on any atom is -0.395 e. The molecule has 2 rings (SSSR count). The van der Waals surface area contributed by atoms with Crippen LogP contribution in [0.4, 0.5) is 4.39 Å². The van der Waals surface area contributed by atoms with E-state index in [0.29, 0.717) is 18.2 Å². The lowest BCUT2D eigenvalue weighted by Crippen LogP contribution is -2.48. The quantitative estimate of drug-likeness (QED) is 0.820. The summed E-state index contributed by atoms with van der Waals surface area (Å²) in [5.41, 5.74) is 0.530. The van der Waals surface area contributed by atoms with Gasteiger partial charge in [0.25, 0.3) is 0 Å². The highest BCUT2D eigenvalue weighted by molar-refractivity contribution is 5.99. The van der Waals surface area contributed by atoms with E-state index in [-0.39, 0.29) is 24.2 Å². The van der Waals surface area contributed by atoms with Gasteiger partial charge in [-0.15, -0.1) is 0 Å².